The minimum Gasteiger partial charge on any atom is -0.382 e. The van der Waals surface area contributed by atoms with Gasteiger partial charge in [-0.15, -0.1) is 0 Å². The first-order valence-electron chi connectivity index (χ1n) is 6.42. The number of aromatic nitrogens is 1. The first-order chi connectivity index (χ1) is 9.55. The van der Waals surface area contributed by atoms with Gasteiger partial charge >= 0.3 is 0 Å². The van der Waals surface area contributed by atoms with E-state index < -0.39 is 17.3 Å². The van der Waals surface area contributed by atoms with Crippen LogP contribution in [0.2, 0.25) is 0 Å². The first kappa shape index (κ1) is 14.5. The van der Waals surface area contributed by atoms with Crippen LogP contribution in [0.3, 0.4) is 0 Å². The molecule has 0 aromatic carbocycles. The van der Waals surface area contributed by atoms with Crippen molar-refractivity contribution in [1.82, 2.24) is 15.2 Å². The van der Waals surface area contributed by atoms with E-state index in [-0.39, 0.29) is 18.2 Å². The molecule has 1 aromatic heterocycles. The van der Waals surface area contributed by atoms with Gasteiger partial charge in [-0.25, -0.2) is 4.39 Å². The molecule has 0 aliphatic carbocycles. The Morgan fingerprint density at radius 3 is 2.90 bits per heavy atom. The molecule has 20 heavy (non-hydrogen) atoms. The van der Waals surface area contributed by atoms with Crippen molar-refractivity contribution in [2.24, 2.45) is 0 Å². The van der Waals surface area contributed by atoms with Crippen LogP contribution in [0.25, 0.3) is 0 Å². The molecule has 0 spiro atoms. The fraction of sp³-hybridized carbons (Fsp3) is 0.538. The predicted octanol–water partition coefficient (Wildman–Crippen LogP) is 0.521. The number of H-pyrrole nitrogens is 1. The Balaban J connectivity index is 2.32. The molecule has 0 radical (unpaired) electrons. The van der Waals surface area contributed by atoms with E-state index in [9.17, 15) is 14.0 Å². The van der Waals surface area contributed by atoms with Crippen molar-refractivity contribution in [3.63, 3.8) is 0 Å². The second-order valence-corrected chi connectivity index (χ2v) is 4.84. The molecule has 0 bridgehead atoms. The molecule has 2 heterocycles. The Morgan fingerprint density at radius 2 is 2.35 bits per heavy atom. The summed E-state index contributed by atoms with van der Waals surface area (Å²) >= 11 is 0. The molecule has 2 amide bonds. The zero-order valence-corrected chi connectivity index (χ0v) is 11.5. The van der Waals surface area contributed by atoms with E-state index in [1.807, 2.05) is 0 Å². The Morgan fingerprint density at radius 1 is 1.60 bits per heavy atom. The number of amides is 2. The van der Waals surface area contributed by atoms with E-state index >= 15 is 0 Å². The van der Waals surface area contributed by atoms with Crippen molar-refractivity contribution in [2.75, 3.05) is 27.3 Å². The third-order valence-corrected chi connectivity index (χ3v) is 3.64. The van der Waals surface area contributed by atoms with Crippen LogP contribution in [0.5, 0.6) is 0 Å². The van der Waals surface area contributed by atoms with E-state index in [2.05, 4.69) is 10.3 Å². The second kappa shape index (κ2) is 5.62. The zero-order valence-electron chi connectivity index (χ0n) is 11.5. The third-order valence-electron chi connectivity index (χ3n) is 3.64. The number of carbonyl (C=O) groups is 2. The maximum Gasteiger partial charge on any atom is 0.271 e. The Labute approximate surface area is 116 Å². The van der Waals surface area contributed by atoms with Gasteiger partial charge in [0.15, 0.2) is 0 Å². The molecule has 2 N–H and O–H groups in total. The normalized spacial score (nSPS) is 22.1. The lowest BCUT2D eigenvalue weighted by atomic mass is 9.95. The van der Waals surface area contributed by atoms with Gasteiger partial charge in [-0.05, 0) is 12.8 Å². The third kappa shape index (κ3) is 2.29. The average Bonchev–Trinajstić information content (AvgIpc) is 3.05. The number of hydrogen-bond acceptors (Lipinski definition) is 3. The number of nitrogens with one attached hydrogen (secondary N) is 2. The van der Waals surface area contributed by atoms with Crippen LogP contribution in [-0.2, 0) is 9.53 Å². The Kier molecular flexibility index (Phi) is 4.08. The fourth-order valence-electron chi connectivity index (χ4n) is 2.73. The van der Waals surface area contributed by atoms with E-state index in [0.717, 1.165) is 12.3 Å². The number of likely N-dealkylation sites (tertiary alicyclic amines) is 1. The van der Waals surface area contributed by atoms with Crippen LogP contribution >= 0.6 is 0 Å². The number of aromatic amines is 1. The van der Waals surface area contributed by atoms with Crippen molar-refractivity contribution in [3.8, 4) is 0 Å². The topological polar surface area (TPSA) is 74.4 Å². The summed E-state index contributed by atoms with van der Waals surface area (Å²) in [6.45, 7) is 0.553. The van der Waals surface area contributed by atoms with Crippen molar-refractivity contribution in [1.29, 1.82) is 0 Å². The SMILES string of the molecule is CNC(=O)C1(COC)CCCN1C(=O)c1cc(F)c[nH]1. The summed E-state index contributed by atoms with van der Waals surface area (Å²) < 4.78 is 18.2. The van der Waals surface area contributed by atoms with Crippen LogP contribution in [0.1, 0.15) is 23.3 Å². The highest BCUT2D eigenvalue weighted by molar-refractivity contribution is 5.98. The highest BCUT2D eigenvalue weighted by Crippen LogP contribution is 2.31. The number of ether oxygens (including phenoxy) is 1. The van der Waals surface area contributed by atoms with Gasteiger partial charge in [0.2, 0.25) is 5.91 Å². The van der Waals surface area contributed by atoms with Gasteiger partial charge in [-0.2, -0.15) is 0 Å². The lowest BCUT2D eigenvalue weighted by Gasteiger charge is -2.35. The molecule has 1 aliphatic rings. The molecule has 1 aliphatic heterocycles. The lowest BCUT2D eigenvalue weighted by Crippen LogP contribution is -2.59. The molecule has 0 saturated carbocycles. The Bertz CT molecular complexity index is 517. The molecular weight excluding hydrogens is 265 g/mol. The van der Waals surface area contributed by atoms with E-state index in [0.29, 0.717) is 19.4 Å². The number of carbonyl (C=O) groups excluding carboxylic acids is 2. The molecule has 1 atom stereocenters. The molecule has 110 valence electrons. The smallest absolute Gasteiger partial charge is 0.271 e. The number of nitrogens with zero attached hydrogens (tertiary/aromatic N) is 1. The summed E-state index contributed by atoms with van der Waals surface area (Å²) in [5.41, 5.74) is -0.892. The molecule has 1 fully saturated rings. The van der Waals surface area contributed by atoms with Crippen LogP contribution in [0.4, 0.5) is 4.39 Å². The number of likely N-dealkylation sites (N-methyl/N-ethyl adjacent to an activating group) is 1. The number of methoxy groups -OCH3 is 1. The van der Waals surface area contributed by atoms with Gasteiger partial charge in [0, 0.05) is 33.0 Å². The first-order valence-corrected chi connectivity index (χ1v) is 6.42. The van der Waals surface area contributed by atoms with E-state index in [4.69, 9.17) is 4.74 Å². The molecule has 6 nitrogen and oxygen atoms in total. The quantitative estimate of drug-likeness (QED) is 0.846. The standard InChI is InChI=1S/C13H18FN3O3/c1-15-12(19)13(8-20-2)4-3-5-17(13)11(18)10-6-9(14)7-16-10/h6-7,16H,3-5,8H2,1-2H3,(H,15,19). The summed E-state index contributed by atoms with van der Waals surface area (Å²) in [4.78, 5) is 28.7. The Hall–Kier alpha value is -1.89. The van der Waals surface area contributed by atoms with Gasteiger partial charge in [0.05, 0.1) is 6.61 Å². The van der Waals surface area contributed by atoms with Crippen LogP contribution < -0.4 is 5.32 Å². The highest BCUT2D eigenvalue weighted by Gasteiger charge is 2.49. The largest absolute Gasteiger partial charge is 0.382 e. The van der Waals surface area contributed by atoms with Crippen LogP contribution in [0, 0.1) is 5.82 Å². The maximum absolute atomic E-state index is 13.0. The van der Waals surface area contributed by atoms with E-state index in [1.165, 1.54) is 19.1 Å². The average molecular weight is 283 g/mol. The maximum atomic E-state index is 13.0. The van der Waals surface area contributed by atoms with Crippen molar-refractivity contribution >= 4 is 11.8 Å². The predicted molar refractivity (Wildman–Crippen MR) is 69.7 cm³/mol. The van der Waals surface area contributed by atoms with Gasteiger partial charge < -0.3 is 19.9 Å². The van der Waals surface area contributed by atoms with E-state index in [1.54, 1.807) is 0 Å². The summed E-state index contributed by atoms with van der Waals surface area (Å²) in [6.07, 6.45) is 2.34. The molecular formula is C13H18FN3O3. The monoisotopic (exact) mass is 283 g/mol. The summed E-state index contributed by atoms with van der Waals surface area (Å²) in [5, 5.41) is 2.58. The van der Waals surface area contributed by atoms with Gasteiger partial charge in [0.25, 0.3) is 5.91 Å². The fourth-order valence-corrected chi connectivity index (χ4v) is 2.73. The minimum atomic E-state index is -1.03. The van der Waals surface area contributed by atoms with Gasteiger partial charge in [-0.3, -0.25) is 9.59 Å². The number of rotatable bonds is 4. The van der Waals surface area contributed by atoms with Crippen molar-refractivity contribution in [3.05, 3.63) is 23.8 Å². The summed E-state index contributed by atoms with van der Waals surface area (Å²) in [5.74, 6) is -1.17. The molecule has 7 heteroatoms. The zero-order chi connectivity index (χ0) is 14.8. The summed E-state index contributed by atoms with van der Waals surface area (Å²) in [6, 6.07) is 1.13. The molecule has 1 aromatic rings. The number of hydrogen-bond donors (Lipinski definition) is 2. The van der Waals surface area contributed by atoms with Gasteiger partial charge in [0.1, 0.15) is 17.1 Å². The lowest BCUT2D eigenvalue weighted by molar-refractivity contribution is -0.133. The molecule has 1 unspecified atom stereocenters. The second-order valence-electron chi connectivity index (χ2n) is 4.84. The van der Waals surface area contributed by atoms with Crippen LogP contribution in [-0.4, -0.2) is 54.5 Å². The number of halogens is 1. The molecule has 2 rings (SSSR count). The highest BCUT2D eigenvalue weighted by atomic mass is 19.1. The summed E-state index contributed by atoms with van der Waals surface area (Å²) in [7, 11) is 3.01. The van der Waals surface area contributed by atoms with Crippen LogP contribution in [0.15, 0.2) is 12.3 Å². The molecule has 1 saturated heterocycles. The minimum absolute atomic E-state index is 0.113. The van der Waals surface area contributed by atoms with Gasteiger partial charge in [-0.1, -0.05) is 0 Å². The van der Waals surface area contributed by atoms with Crippen molar-refractivity contribution < 1.29 is 18.7 Å². The van der Waals surface area contributed by atoms with Crippen molar-refractivity contribution in [2.45, 2.75) is 18.4 Å².